The molecule has 2 fully saturated rings. The zero-order valence-corrected chi connectivity index (χ0v) is 21.1. The molecule has 0 amide bonds. The van der Waals surface area contributed by atoms with Crippen molar-refractivity contribution in [2.24, 2.45) is 0 Å². The highest BCUT2D eigenvalue weighted by molar-refractivity contribution is 5.91. The van der Waals surface area contributed by atoms with Gasteiger partial charge >= 0.3 is 23.9 Å². The number of carbonyl (C=O) groups excluding carboxylic acids is 4. The molecule has 9 nitrogen and oxygen atoms in total. The van der Waals surface area contributed by atoms with Crippen LogP contribution in [0.5, 0.6) is 0 Å². The quantitative estimate of drug-likeness (QED) is 0.313. The fourth-order valence-electron chi connectivity index (χ4n) is 4.72. The predicted molar refractivity (Wildman–Crippen MR) is 136 cm³/mol. The third kappa shape index (κ3) is 5.53. The molecule has 1 aliphatic carbocycles. The summed E-state index contributed by atoms with van der Waals surface area (Å²) in [6.45, 7) is 0.922. The molecule has 0 N–H and O–H groups in total. The summed E-state index contributed by atoms with van der Waals surface area (Å²) >= 11 is 0. The van der Waals surface area contributed by atoms with Gasteiger partial charge in [-0.05, 0) is 36.4 Å². The number of hydrogen-bond acceptors (Lipinski definition) is 9. The van der Waals surface area contributed by atoms with Crippen molar-refractivity contribution < 1.29 is 42.9 Å². The number of benzene rings is 3. The van der Waals surface area contributed by atoms with E-state index in [9.17, 15) is 19.2 Å². The van der Waals surface area contributed by atoms with Crippen LogP contribution in [0.15, 0.2) is 91.0 Å². The normalized spacial score (nSPS) is 24.9. The lowest BCUT2D eigenvalue weighted by molar-refractivity contribution is -0.262. The van der Waals surface area contributed by atoms with E-state index >= 15 is 0 Å². The molecule has 0 radical (unpaired) electrons. The molecule has 9 heteroatoms. The second-order valence-corrected chi connectivity index (χ2v) is 9.47. The highest BCUT2D eigenvalue weighted by Crippen LogP contribution is 2.61. The Bertz CT molecular complexity index is 1360. The Morgan fingerprint density at radius 3 is 1.79 bits per heavy atom. The van der Waals surface area contributed by atoms with Crippen LogP contribution >= 0.6 is 0 Å². The van der Waals surface area contributed by atoms with E-state index in [0.717, 1.165) is 0 Å². The van der Waals surface area contributed by atoms with E-state index < -0.39 is 47.5 Å². The molecule has 1 saturated carbocycles. The standard InChI is InChI=1S/C30H26O9/c1-20(31)36-28-24(37-26(33)22-13-7-3-8-14-22)17-29(38-27(34)23-15-9-4-10-16-23)18-30(29,39-28)19-35-25(32)21-11-5-2-6-12-21/h2-16,24,28H,17-19H2,1H3. The predicted octanol–water partition coefficient (Wildman–Crippen LogP) is 4.12. The lowest BCUT2D eigenvalue weighted by Crippen LogP contribution is -2.53. The number of esters is 4. The van der Waals surface area contributed by atoms with Gasteiger partial charge in [-0.25, -0.2) is 14.4 Å². The van der Waals surface area contributed by atoms with E-state index in [1.165, 1.54) is 6.92 Å². The van der Waals surface area contributed by atoms with Gasteiger partial charge in [0, 0.05) is 19.8 Å². The fourth-order valence-corrected chi connectivity index (χ4v) is 4.72. The van der Waals surface area contributed by atoms with Crippen LogP contribution in [0.2, 0.25) is 0 Å². The van der Waals surface area contributed by atoms with E-state index in [1.54, 1.807) is 91.0 Å². The van der Waals surface area contributed by atoms with Crippen LogP contribution in [0.25, 0.3) is 0 Å². The summed E-state index contributed by atoms with van der Waals surface area (Å²) in [7, 11) is 0. The summed E-state index contributed by atoms with van der Waals surface area (Å²) in [5.41, 5.74) is -1.66. The minimum absolute atomic E-state index is 0.0367. The van der Waals surface area contributed by atoms with E-state index in [0.29, 0.717) is 16.7 Å². The van der Waals surface area contributed by atoms with Crippen LogP contribution in [0.4, 0.5) is 0 Å². The summed E-state index contributed by atoms with van der Waals surface area (Å²) in [6, 6.07) is 25.1. The van der Waals surface area contributed by atoms with Crippen LogP contribution in [0.3, 0.4) is 0 Å². The number of ether oxygens (including phenoxy) is 5. The SMILES string of the molecule is CC(=O)OC1OC2(COC(=O)c3ccccc3)CC2(OC(=O)c2ccccc2)CC1OC(=O)c1ccccc1. The van der Waals surface area contributed by atoms with Gasteiger partial charge in [-0.1, -0.05) is 54.6 Å². The molecule has 39 heavy (non-hydrogen) atoms. The Kier molecular flexibility index (Phi) is 7.17. The van der Waals surface area contributed by atoms with Crippen LogP contribution in [-0.4, -0.2) is 54.1 Å². The molecule has 2 aliphatic rings. The largest absolute Gasteiger partial charge is 0.459 e. The van der Waals surface area contributed by atoms with Crippen LogP contribution in [0.1, 0.15) is 50.8 Å². The van der Waals surface area contributed by atoms with Crippen LogP contribution < -0.4 is 0 Å². The van der Waals surface area contributed by atoms with Gasteiger partial charge in [0.15, 0.2) is 17.3 Å². The smallest absolute Gasteiger partial charge is 0.338 e. The Balaban J connectivity index is 1.41. The first-order valence-electron chi connectivity index (χ1n) is 12.4. The summed E-state index contributed by atoms with van der Waals surface area (Å²) < 4.78 is 28.8. The van der Waals surface area contributed by atoms with Crippen molar-refractivity contribution in [3.05, 3.63) is 108 Å². The molecule has 1 aliphatic heterocycles. The monoisotopic (exact) mass is 530 g/mol. The lowest BCUT2D eigenvalue weighted by Gasteiger charge is -2.38. The van der Waals surface area contributed by atoms with Gasteiger partial charge in [0.2, 0.25) is 6.29 Å². The van der Waals surface area contributed by atoms with E-state index in [-0.39, 0.29) is 19.4 Å². The Hall–Kier alpha value is -4.50. The Morgan fingerprint density at radius 1 is 0.744 bits per heavy atom. The summed E-state index contributed by atoms with van der Waals surface area (Å²) in [5.74, 6) is -2.53. The highest BCUT2D eigenvalue weighted by atomic mass is 16.8. The molecule has 1 saturated heterocycles. The van der Waals surface area contributed by atoms with E-state index in [1.807, 2.05) is 0 Å². The van der Waals surface area contributed by atoms with Crippen molar-refractivity contribution in [2.75, 3.05) is 6.61 Å². The molecule has 0 bridgehead atoms. The lowest BCUT2D eigenvalue weighted by atomic mass is 10.0. The summed E-state index contributed by atoms with van der Waals surface area (Å²) in [4.78, 5) is 50.5. The maximum absolute atomic E-state index is 13.1. The van der Waals surface area contributed by atoms with E-state index in [2.05, 4.69) is 0 Å². The van der Waals surface area contributed by atoms with Crippen LogP contribution in [0, 0.1) is 0 Å². The number of carbonyl (C=O) groups is 4. The van der Waals surface area contributed by atoms with Gasteiger partial charge in [0.25, 0.3) is 0 Å². The maximum atomic E-state index is 13.1. The third-order valence-corrected chi connectivity index (χ3v) is 6.75. The molecule has 4 atom stereocenters. The summed E-state index contributed by atoms with van der Waals surface area (Å²) in [6.07, 6.45) is -2.30. The molecule has 3 aromatic rings. The topological polar surface area (TPSA) is 114 Å². The van der Waals surface area contributed by atoms with Gasteiger partial charge < -0.3 is 23.7 Å². The second-order valence-electron chi connectivity index (χ2n) is 9.47. The first-order chi connectivity index (χ1) is 18.8. The molecule has 0 aromatic heterocycles. The van der Waals surface area contributed by atoms with Crippen molar-refractivity contribution in [1.82, 2.24) is 0 Å². The van der Waals surface area contributed by atoms with Crippen molar-refractivity contribution in [2.45, 2.75) is 43.4 Å². The molecule has 0 spiro atoms. The van der Waals surface area contributed by atoms with Crippen molar-refractivity contribution in [3.8, 4) is 0 Å². The fraction of sp³-hybridized carbons (Fsp3) is 0.267. The minimum atomic E-state index is -1.31. The minimum Gasteiger partial charge on any atom is -0.459 e. The van der Waals surface area contributed by atoms with Gasteiger partial charge in [0.1, 0.15) is 6.61 Å². The molecular formula is C30H26O9. The Morgan fingerprint density at radius 2 is 1.26 bits per heavy atom. The number of hydrogen-bond donors (Lipinski definition) is 0. The van der Waals surface area contributed by atoms with Gasteiger partial charge in [-0.15, -0.1) is 0 Å². The van der Waals surface area contributed by atoms with Gasteiger partial charge in [0.05, 0.1) is 16.7 Å². The van der Waals surface area contributed by atoms with Crippen molar-refractivity contribution >= 4 is 23.9 Å². The molecule has 4 unspecified atom stereocenters. The molecule has 1 heterocycles. The zero-order chi connectivity index (χ0) is 27.5. The van der Waals surface area contributed by atoms with Crippen molar-refractivity contribution in [1.29, 1.82) is 0 Å². The molecular weight excluding hydrogens is 504 g/mol. The number of fused-ring (bicyclic) bond motifs is 1. The van der Waals surface area contributed by atoms with Crippen LogP contribution in [-0.2, 0) is 28.5 Å². The average molecular weight is 531 g/mol. The number of rotatable bonds is 8. The van der Waals surface area contributed by atoms with Crippen molar-refractivity contribution in [3.63, 3.8) is 0 Å². The molecule has 200 valence electrons. The first kappa shape index (κ1) is 26.1. The molecule has 5 rings (SSSR count). The molecule has 3 aromatic carbocycles. The van der Waals surface area contributed by atoms with E-state index in [4.69, 9.17) is 23.7 Å². The summed E-state index contributed by atoms with van der Waals surface area (Å²) in [5, 5.41) is 0. The second kappa shape index (κ2) is 10.7. The van der Waals surface area contributed by atoms with Gasteiger partial charge in [-0.2, -0.15) is 0 Å². The average Bonchev–Trinajstić information content (AvgIpc) is 3.59. The third-order valence-electron chi connectivity index (χ3n) is 6.75. The zero-order valence-electron chi connectivity index (χ0n) is 21.1. The Labute approximate surface area is 224 Å². The highest BCUT2D eigenvalue weighted by Gasteiger charge is 2.78. The van der Waals surface area contributed by atoms with Gasteiger partial charge in [-0.3, -0.25) is 4.79 Å². The first-order valence-corrected chi connectivity index (χ1v) is 12.4. The maximum Gasteiger partial charge on any atom is 0.338 e.